The molecule has 0 bridgehead atoms. The van der Waals surface area contributed by atoms with E-state index >= 15 is 0 Å². The minimum absolute atomic E-state index is 0.0452. The summed E-state index contributed by atoms with van der Waals surface area (Å²) in [7, 11) is 0. The van der Waals surface area contributed by atoms with Crippen LogP contribution in [-0.4, -0.2) is 23.3 Å². The van der Waals surface area contributed by atoms with Crippen LogP contribution < -0.4 is 0 Å². The van der Waals surface area contributed by atoms with Crippen LogP contribution in [-0.2, 0) is 9.53 Å². The van der Waals surface area contributed by atoms with E-state index in [0.29, 0.717) is 5.92 Å². The van der Waals surface area contributed by atoms with Crippen LogP contribution in [0.3, 0.4) is 0 Å². The van der Waals surface area contributed by atoms with Crippen molar-refractivity contribution in [1.29, 1.82) is 0 Å². The predicted molar refractivity (Wildman–Crippen MR) is 42.3 cm³/mol. The lowest BCUT2D eigenvalue weighted by molar-refractivity contribution is -0.165. The zero-order valence-electron chi connectivity index (χ0n) is 7.57. The highest BCUT2D eigenvalue weighted by atomic mass is 16.6. The second kappa shape index (κ2) is 2.02. The molecule has 0 amide bonds. The number of ether oxygens (including phenoxy) is 1. The third-order valence-electron chi connectivity index (χ3n) is 3.66. The summed E-state index contributed by atoms with van der Waals surface area (Å²) < 4.78 is 5.16. The molecule has 3 nitrogen and oxygen atoms in total. The van der Waals surface area contributed by atoms with Crippen molar-refractivity contribution in [3.05, 3.63) is 0 Å². The van der Waals surface area contributed by atoms with Crippen LogP contribution in [0.15, 0.2) is 0 Å². The van der Waals surface area contributed by atoms with Crippen molar-refractivity contribution in [3.63, 3.8) is 0 Å². The zero-order chi connectivity index (χ0) is 9.09. The van der Waals surface area contributed by atoms with Gasteiger partial charge in [0.2, 0.25) is 0 Å². The summed E-state index contributed by atoms with van der Waals surface area (Å²) in [5.41, 5.74) is -0.173. The molecule has 0 radical (unpaired) electrons. The summed E-state index contributed by atoms with van der Waals surface area (Å²) in [6.07, 6.45) is -0.574. The SMILES string of the molecule is CC1C(=O)OC2C(C)[C@@]2(C)C1O. The Kier molecular flexibility index (Phi) is 1.35. The first-order chi connectivity index (χ1) is 5.49. The van der Waals surface area contributed by atoms with Gasteiger partial charge in [0.15, 0.2) is 0 Å². The van der Waals surface area contributed by atoms with E-state index in [-0.39, 0.29) is 23.4 Å². The Bertz CT molecular complexity index is 238. The van der Waals surface area contributed by atoms with Crippen LogP contribution in [0.4, 0.5) is 0 Å². The fourth-order valence-corrected chi connectivity index (χ4v) is 2.27. The van der Waals surface area contributed by atoms with Gasteiger partial charge in [0.25, 0.3) is 0 Å². The van der Waals surface area contributed by atoms with Gasteiger partial charge >= 0.3 is 5.97 Å². The quantitative estimate of drug-likeness (QED) is 0.540. The van der Waals surface area contributed by atoms with Crippen molar-refractivity contribution < 1.29 is 14.6 Å². The smallest absolute Gasteiger partial charge is 0.311 e. The van der Waals surface area contributed by atoms with Gasteiger partial charge in [-0.3, -0.25) is 4.79 Å². The van der Waals surface area contributed by atoms with Crippen molar-refractivity contribution in [2.45, 2.75) is 33.0 Å². The number of aliphatic hydroxyl groups is 1. The first kappa shape index (κ1) is 8.05. The molecule has 1 saturated heterocycles. The second-order valence-corrected chi connectivity index (χ2v) is 4.25. The number of carbonyl (C=O) groups is 1. The molecule has 0 aromatic carbocycles. The molecule has 1 saturated carbocycles. The third kappa shape index (κ3) is 0.678. The number of hydrogen-bond acceptors (Lipinski definition) is 3. The van der Waals surface area contributed by atoms with Crippen LogP contribution in [0.1, 0.15) is 20.8 Å². The van der Waals surface area contributed by atoms with E-state index in [1.54, 1.807) is 6.92 Å². The molecule has 2 fully saturated rings. The van der Waals surface area contributed by atoms with E-state index in [9.17, 15) is 9.90 Å². The van der Waals surface area contributed by atoms with Gasteiger partial charge in [-0.15, -0.1) is 0 Å². The maximum atomic E-state index is 11.1. The van der Waals surface area contributed by atoms with Gasteiger partial charge in [0.1, 0.15) is 6.10 Å². The number of hydrogen-bond donors (Lipinski definition) is 1. The Balaban J connectivity index is 2.26. The number of esters is 1. The van der Waals surface area contributed by atoms with Gasteiger partial charge in [-0.25, -0.2) is 0 Å². The molecule has 1 N–H and O–H groups in total. The lowest BCUT2D eigenvalue weighted by Gasteiger charge is -2.28. The molecule has 12 heavy (non-hydrogen) atoms. The van der Waals surface area contributed by atoms with E-state index in [1.165, 1.54) is 0 Å². The minimum Gasteiger partial charge on any atom is -0.461 e. The summed E-state index contributed by atoms with van der Waals surface area (Å²) in [6.45, 7) is 5.72. The fourth-order valence-electron chi connectivity index (χ4n) is 2.27. The largest absolute Gasteiger partial charge is 0.461 e. The molecule has 0 spiro atoms. The van der Waals surface area contributed by atoms with Crippen molar-refractivity contribution >= 4 is 5.97 Å². The Morgan fingerprint density at radius 3 is 2.67 bits per heavy atom. The number of aliphatic hydroxyl groups excluding tert-OH is 1. The molecule has 0 aromatic rings. The van der Waals surface area contributed by atoms with Crippen LogP contribution in [0.5, 0.6) is 0 Å². The summed E-state index contributed by atoms with van der Waals surface area (Å²) in [4.78, 5) is 11.1. The number of rotatable bonds is 0. The van der Waals surface area contributed by atoms with Gasteiger partial charge in [0.05, 0.1) is 12.0 Å². The second-order valence-electron chi connectivity index (χ2n) is 4.25. The van der Waals surface area contributed by atoms with Gasteiger partial charge in [0, 0.05) is 11.3 Å². The Hall–Kier alpha value is -0.570. The van der Waals surface area contributed by atoms with Gasteiger partial charge in [-0.2, -0.15) is 0 Å². The first-order valence-electron chi connectivity index (χ1n) is 4.38. The molecule has 0 aromatic heterocycles. The predicted octanol–water partition coefficient (Wildman–Crippen LogP) is 0.565. The van der Waals surface area contributed by atoms with Gasteiger partial charge < -0.3 is 9.84 Å². The Labute approximate surface area is 71.7 Å². The molecule has 1 aliphatic heterocycles. The molecule has 2 rings (SSSR count). The molecule has 3 heteroatoms. The van der Waals surface area contributed by atoms with Crippen molar-refractivity contribution in [2.24, 2.45) is 17.3 Å². The summed E-state index contributed by atoms with van der Waals surface area (Å²) in [5.74, 6) is -0.313. The van der Waals surface area contributed by atoms with Crippen molar-refractivity contribution in [1.82, 2.24) is 0 Å². The highest BCUT2D eigenvalue weighted by Crippen LogP contribution is 2.60. The molecule has 1 aliphatic carbocycles. The monoisotopic (exact) mass is 170 g/mol. The maximum Gasteiger partial charge on any atom is 0.311 e. The average molecular weight is 170 g/mol. The highest BCUT2D eigenvalue weighted by molar-refractivity contribution is 5.75. The molecule has 5 atom stereocenters. The van der Waals surface area contributed by atoms with E-state index in [1.807, 2.05) is 13.8 Å². The summed E-state index contributed by atoms with van der Waals surface area (Å²) in [6, 6.07) is 0. The highest BCUT2D eigenvalue weighted by Gasteiger charge is 2.69. The van der Waals surface area contributed by atoms with Crippen LogP contribution >= 0.6 is 0 Å². The first-order valence-corrected chi connectivity index (χ1v) is 4.38. The van der Waals surface area contributed by atoms with Crippen LogP contribution in [0, 0.1) is 17.3 Å². The van der Waals surface area contributed by atoms with E-state index in [2.05, 4.69) is 0 Å². The standard InChI is InChI=1S/C9H14O3/c1-4-6(10)9(3)5(2)7(9)12-8(4)11/h4-7,10H,1-3H3/t4?,5?,6?,7?,9-/m0/s1. The van der Waals surface area contributed by atoms with E-state index in [0.717, 1.165) is 0 Å². The lowest BCUT2D eigenvalue weighted by Crippen LogP contribution is -2.41. The molecule has 68 valence electrons. The number of carbonyl (C=O) groups excluding carboxylic acids is 1. The van der Waals surface area contributed by atoms with Gasteiger partial charge in [-0.1, -0.05) is 13.8 Å². The third-order valence-corrected chi connectivity index (χ3v) is 3.66. The van der Waals surface area contributed by atoms with Crippen molar-refractivity contribution in [3.8, 4) is 0 Å². The Morgan fingerprint density at radius 2 is 2.08 bits per heavy atom. The fraction of sp³-hybridized carbons (Fsp3) is 0.889. The molecule has 4 unspecified atom stereocenters. The lowest BCUT2D eigenvalue weighted by atomic mass is 9.87. The molecular formula is C9H14O3. The van der Waals surface area contributed by atoms with E-state index in [4.69, 9.17) is 4.74 Å². The van der Waals surface area contributed by atoms with Crippen LogP contribution in [0.25, 0.3) is 0 Å². The zero-order valence-corrected chi connectivity index (χ0v) is 7.57. The topological polar surface area (TPSA) is 46.5 Å². The van der Waals surface area contributed by atoms with Crippen LogP contribution in [0.2, 0.25) is 0 Å². The van der Waals surface area contributed by atoms with Crippen molar-refractivity contribution in [2.75, 3.05) is 0 Å². The summed E-state index contributed by atoms with van der Waals surface area (Å²) >= 11 is 0. The Morgan fingerprint density at radius 1 is 1.50 bits per heavy atom. The minimum atomic E-state index is -0.529. The number of fused-ring (bicyclic) bond motifs is 1. The maximum absolute atomic E-state index is 11.1. The summed E-state index contributed by atoms with van der Waals surface area (Å²) in [5, 5.41) is 9.79. The molecule has 1 heterocycles. The van der Waals surface area contributed by atoms with Gasteiger partial charge in [-0.05, 0) is 6.92 Å². The van der Waals surface area contributed by atoms with E-state index < -0.39 is 6.10 Å². The normalized spacial score (nSPS) is 57.5. The average Bonchev–Trinajstić information content (AvgIpc) is 2.55. The molecule has 2 aliphatic rings. The molecular weight excluding hydrogens is 156 g/mol.